The first kappa shape index (κ1) is 29.7. The van der Waals surface area contributed by atoms with E-state index in [0.29, 0.717) is 5.82 Å². The van der Waals surface area contributed by atoms with Gasteiger partial charge in [0.2, 0.25) is 0 Å². The number of nitrogens with zero attached hydrogens (tertiary/aromatic N) is 5. The Labute approximate surface area is 233 Å². The number of allylic oxidation sites excluding steroid dienone is 4. The maximum absolute atomic E-state index is 6.27. The van der Waals surface area contributed by atoms with Crippen molar-refractivity contribution in [2.24, 2.45) is 5.73 Å². The quantitative estimate of drug-likeness (QED) is 0.274. The van der Waals surface area contributed by atoms with Gasteiger partial charge in [-0.25, -0.2) is 15.0 Å². The normalized spacial score (nSPS) is 15.7. The summed E-state index contributed by atoms with van der Waals surface area (Å²) in [5, 5.41) is 0. The fourth-order valence-electron chi connectivity index (χ4n) is 4.67. The lowest BCUT2D eigenvalue weighted by Gasteiger charge is -2.16. The number of aromatic nitrogens is 4. The average Bonchev–Trinajstić information content (AvgIpc) is 3.57. The largest absolute Gasteiger partial charge is 0.383 e. The van der Waals surface area contributed by atoms with Gasteiger partial charge in [0.05, 0.1) is 11.3 Å². The minimum absolute atomic E-state index is 0.281. The minimum atomic E-state index is 0.281. The van der Waals surface area contributed by atoms with Crippen LogP contribution in [0.3, 0.4) is 0 Å². The molecule has 0 radical (unpaired) electrons. The molecule has 206 valence electrons. The summed E-state index contributed by atoms with van der Waals surface area (Å²) >= 11 is 0. The monoisotopic (exact) mass is 525 g/mol. The third-order valence-corrected chi connectivity index (χ3v) is 6.45. The summed E-state index contributed by atoms with van der Waals surface area (Å²) in [5.41, 5.74) is 18.9. The van der Waals surface area contributed by atoms with Crippen LogP contribution < -0.4 is 11.5 Å². The van der Waals surface area contributed by atoms with Crippen LogP contribution >= 0.6 is 0 Å². The molecule has 1 unspecified atom stereocenters. The number of hydrogen-bond donors (Lipinski definition) is 2. The van der Waals surface area contributed by atoms with E-state index in [1.165, 1.54) is 5.56 Å². The molecule has 1 saturated heterocycles. The smallest absolute Gasteiger partial charge is 0.165 e. The number of imidazole rings is 1. The Kier molecular flexibility index (Phi) is 11.0. The van der Waals surface area contributed by atoms with E-state index < -0.39 is 0 Å². The summed E-state index contributed by atoms with van der Waals surface area (Å²) in [6, 6.07) is 16.7. The Morgan fingerprint density at radius 3 is 2.36 bits per heavy atom. The minimum Gasteiger partial charge on any atom is -0.383 e. The molecule has 1 atom stereocenters. The van der Waals surface area contributed by atoms with Crippen molar-refractivity contribution >= 4 is 22.6 Å². The van der Waals surface area contributed by atoms with E-state index in [4.69, 9.17) is 21.4 Å². The van der Waals surface area contributed by atoms with Crippen molar-refractivity contribution in [1.29, 1.82) is 0 Å². The van der Waals surface area contributed by atoms with Gasteiger partial charge in [0, 0.05) is 37.6 Å². The molecule has 0 aliphatic carbocycles. The predicted octanol–water partition coefficient (Wildman–Crippen LogP) is 6.63. The van der Waals surface area contributed by atoms with Crippen LogP contribution in [-0.2, 0) is 6.54 Å². The van der Waals surface area contributed by atoms with Gasteiger partial charge < -0.3 is 11.5 Å². The number of rotatable bonds is 6. The molecule has 0 amide bonds. The summed E-state index contributed by atoms with van der Waals surface area (Å²) in [4.78, 5) is 16.7. The highest BCUT2D eigenvalue weighted by Gasteiger charge is 2.20. The highest BCUT2D eigenvalue weighted by molar-refractivity contribution is 5.85. The maximum Gasteiger partial charge on any atom is 0.165 e. The van der Waals surface area contributed by atoms with Crippen LogP contribution in [0.5, 0.6) is 0 Å². The molecule has 1 aromatic carbocycles. The first-order chi connectivity index (χ1) is 19.1. The Balaban J connectivity index is 0.00000100. The molecule has 7 heteroatoms. The number of fused-ring (bicyclic) bond motifs is 1. The second kappa shape index (κ2) is 14.4. The lowest BCUT2D eigenvalue weighted by atomic mass is 10.1. The molecular formula is C32H43N7. The fraction of sp³-hybridized carbons (Fsp3) is 0.344. The molecule has 0 bridgehead atoms. The SMILES string of the molecule is C/C=C\C(=C/C)c1ccc2nc(-c3cccnc3N)n(-c3ccc(CN4CCC(N)C4)cc3)c2n1.CC.CC. The molecule has 0 saturated carbocycles. The van der Waals surface area contributed by atoms with E-state index >= 15 is 0 Å². The standard InChI is InChI=1S/C28H31N7.2C2H6/c1-3-6-20(4-2)24-12-13-25-28(32-24)35(27(33-25)23-7-5-15-31-26(23)30)22-10-8-19(9-11-22)17-34-16-14-21(29)18-34;2*1-2/h3-13,15,21H,14,16-18,29H2,1-2H3,(H2,30,31);2*1-2H3/b6-3-,20-4+;;. The molecule has 4 aromatic rings. The summed E-state index contributed by atoms with van der Waals surface area (Å²) < 4.78 is 2.07. The van der Waals surface area contributed by atoms with E-state index in [0.717, 1.165) is 65.6 Å². The topological polar surface area (TPSA) is 98.9 Å². The van der Waals surface area contributed by atoms with Gasteiger partial charge in [0.25, 0.3) is 0 Å². The van der Waals surface area contributed by atoms with Crippen LogP contribution in [-0.4, -0.2) is 43.6 Å². The number of pyridine rings is 2. The zero-order valence-corrected chi connectivity index (χ0v) is 24.2. The summed E-state index contributed by atoms with van der Waals surface area (Å²) in [6.07, 6.45) is 8.90. The second-order valence-corrected chi connectivity index (χ2v) is 8.94. The molecular weight excluding hydrogens is 482 g/mol. The molecule has 0 spiro atoms. The van der Waals surface area contributed by atoms with Crippen LogP contribution in [0.15, 0.2) is 73.0 Å². The molecule has 1 aliphatic rings. The number of anilines is 1. The van der Waals surface area contributed by atoms with Crippen LogP contribution in [0.2, 0.25) is 0 Å². The van der Waals surface area contributed by atoms with Crippen LogP contribution in [0.25, 0.3) is 33.8 Å². The third-order valence-electron chi connectivity index (χ3n) is 6.45. The summed E-state index contributed by atoms with van der Waals surface area (Å²) in [6.45, 7) is 14.9. The zero-order valence-electron chi connectivity index (χ0n) is 24.2. The van der Waals surface area contributed by atoms with Crippen molar-refractivity contribution in [3.05, 3.63) is 84.2 Å². The summed E-state index contributed by atoms with van der Waals surface area (Å²) in [7, 11) is 0. The van der Waals surface area contributed by atoms with E-state index in [1.54, 1.807) is 6.20 Å². The number of nitrogen functional groups attached to an aromatic ring is 1. The van der Waals surface area contributed by atoms with Gasteiger partial charge in [-0.3, -0.25) is 9.47 Å². The highest BCUT2D eigenvalue weighted by Crippen LogP contribution is 2.31. The van der Waals surface area contributed by atoms with Gasteiger partial charge in [-0.1, -0.05) is 58.1 Å². The van der Waals surface area contributed by atoms with E-state index in [-0.39, 0.29) is 6.04 Å². The van der Waals surface area contributed by atoms with Crippen molar-refractivity contribution in [2.45, 2.75) is 60.5 Å². The molecule has 5 rings (SSSR count). The lowest BCUT2D eigenvalue weighted by molar-refractivity contribution is 0.327. The summed E-state index contributed by atoms with van der Waals surface area (Å²) in [5.74, 6) is 1.16. The number of likely N-dealkylation sites (tertiary alicyclic amines) is 1. The van der Waals surface area contributed by atoms with Gasteiger partial charge in [-0.05, 0) is 67.8 Å². The van der Waals surface area contributed by atoms with Crippen molar-refractivity contribution in [3.8, 4) is 17.1 Å². The van der Waals surface area contributed by atoms with Crippen molar-refractivity contribution in [1.82, 2.24) is 24.4 Å². The van der Waals surface area contributed by atoms with Crippen LogP contribution in [0, 0.1) is 0 Å². The molecule has 1 aliphatic heterocycles. The average molecular weight is 526 g/mol. The molecule has 4 heterocycles. The molecule has 3 aromatic heterocycles. The predicted molar refractivity (Wildman–Crippen MR) is 166 cm³/mol. The number of benzene rings is 1. The van der Waals surface area contributed by atoms with Crippen molar-refractivity contribution in [2.75, 3.05) is 18.8 Å². The van der Waals surface area contributed by atoms with Gasteiger partial charge in [-0.2, -0.15) is 0 Å². The third kappa shape index (κ3) is 6.80. The Hall–Kier alpha value is -3.81. The Morgan fingerprint density at radius 1 is 1.00 bits per heavy atom. The molecule has 7 nitrogen and oxygen atoms in total. The van der Waals surface area contributed by atoms with Gasteiger partial charge in [0.1, 0.15) is 11.3 Å². The van der Waals surface area contributed by atoms with E-state index in [1.807, 2.05) is 71.9 Å². The first-order valence-corrected chi connectivity index (χ1v) is 14.0. The van der Waals surface area contributed by atoms with Crippen LogP contribution in [0.4, 0.5) is 5.82 Å². The van der Waals surface area contributed by atoms with Crippen molar-refractivity contribution in [3.63, 3.8) is 0 Å². The van der Waals surface area contributed by atoms with E-state index in [9.17, 15) is 0 Å². The Bertz CT molecular complexity index is 1400. The van der Waals surface area contributed by atoms with Crippen molar-refractivity contribution < 1.29 is 0 Å². The second-order valence-electron chi connectivity index (χ2n) is 8.94. The van der Waals surface area contributed by atoms with E-state index in [2.05, 4.69) is 50.9 Å². The highest BCUT2D eigenvalue weighted by atomic mass is 15.2. The van der Waals surface area contributed by atoms with Gasteiger partial charge >= 0.3 is 0 Å². The zero-order chi connectivity index (χ0) is 28.4. The Morgan fingerprint density at radius 2 is 1.74 bits per heavy atom. The molecule has 4 N–H and O–H groups in total. The molecule has 1 fully saturated rings. The van der Waals surface area contributed by atoms with Gasteiger partial charge in [-0.15, -0.1) is 0 Å². The number of hydrogen-bond acceptors (Lipinski definition) is 6. The molecule has 39 heavy (non-hydrogen) atoms. The lowest BCUT2D eigenvalue weighted by Crippen LogP contribution is -2.26. The maximum atomic E-state index is 6.27. The first-order valence-electron chi connectivity index (χ1n) is 14.0. The fourth-order valence-corrected chi connectivity index (χ4v) is 4.67. The van der Waals surface area contributed by atoms with Crippen LogP contribution in [0.1, 0.15) is 59.2 Å². The number of nitrogens with two attached hydrogens (primary N) is 2. The van der Waals surface area contributed by atoms with Gasteiger partial charge in [0.15, 0.2) is 11.5 Å².